The average molecular weight is 388 g/mol. The minimum atomic E-state index is -0.248. The van der Waals surface area contributed by atoms with Crippen LogP contribution in [-0.2, 0) is 0 Å². The third kappa shape index (κ3) is 2.55. The van der Waals surface area contributed by atoms with Gasteiger partial charge in [0, 0.05) is 16.7 Å². The van der Waals surface area contributed by atoms with E-state index in [2.05, 4.69) is 45.4 Å². The first-order chi connectivity index (χ1) is 11.7. The number of nitrogens with zero attached hydrogens (tertiary/aromatic N) is 3. The van der Waals surface area contributed by atoms with E-state index in [-0.39, 0.29) is 6.10 Å². The second-order valence-corrected chi connectivity index (χ2v) is 6.87. The molecule has 2 unspecified atom stereocenters. The molecule has 3 aromatic rings. The maximum atomic E-state index is 6.17. The molecule has 24 heavy (non-hydrogen) atoms. The maximum Gasteiger partial charge on any atom is 0.190 e. The molecular formula is C18H18BrN3O2. The van der Waals surface area contributed by atoms with E-state index in [0.717, 1.165) is 39.4 Å². The van der Waals surface area contributed by atoms with E-state index in [1.54, 1.807) is 6.20 Å². The van der Waals surface area contributed by atoms with Crippen LogP contribution in [-0.4, -0.2) is 21.1 Å². The summed E-state index contributed by atoms with van der Waals surface area (Å²) in [4.78, 5) is 9.19. The summed E-state index contributed by atoms with van der Waals surface area (Å²) in [6.45, 7) is 4.79. The molecule has 0 saturated carbocycles. The van der Waals surface area contributed by atoms with Gasteiger partial charge in [-0.25, -0.2) is 9.97 Å². The quantitative estimate of drug-likeness (QED) is 0.654. The number of benzene rings is 1. The molecule has 2 aromatic heterocycles. The Labute approximate surface area is 148 Å². The second-order valence-electron chi connectivity index (χ2n) is 5.96. The first kappa shape index (κ1) is 15.4. The number of pyridine rings is 1. The Kier molecular flexibility index (Phi) is 3.92. The van der Waals surface area contributed by atoms with Crippen LogP contribution in [0, 0.1) is 0 Å². The first-order valence-electron chi connectivity index (χ1n) is 8.09. The van der Waals surface area contributed by atoms with Crippen LogP contribution in [0.2, 0.25) is 0 Å². The van der Waals surface area contributed by atoms with E-state index in [4.69, 9.17) is 14.5 Å². The number of para-hydroxylation sites is 2. The highest BCUT2D eigenvalue weighted by atomic mass is 79.9. The fourth-order valence-corrected chi connectivity index (χ4v) is 3.31. The molecule has 0 aliphatic carbocycles. The summed E-state index contributed by atoms with van der Waals surface area (Å²) < 4.78 is 15.2. The van der Waals surface area contributed by atoms with Crippen molar-refractivity contribution in [3.8, 4) is 11.5 Å². The fraction of sp³-hybridized carbons (Fsp3) is 0.333. The van der Waals surface area contributed by atoms with Gasteiger partial charge in [-0.1, -0.05) is 19.1 Å². The van der Waals surface area contributed by atoms with Crippen molar-refractivity contribution in [2.24, 2.45) is 0 Å². The predicted molar refractivity (Wildman–Crippen MR) is 95.5 cm³/mol. The summed E-state index contributed by atoms with van der Waals surface area (Å²) in [6, 6.07) is 10.1. The highest BCUT2D eigenvalue weighted by molar-refractivity contribution is 9.10. The normalized spacial score (nSPS) is 17.9. The highest BCUT2D eigenvalue weighted by Gasteiger charge is 2.29. The third-order valence-electron chi connectivity index (χ3n) is 4.37. The highest BCUT2D eigenvalue weighted by Crippen LogP contribution is 2.37. The van der Waals surface area contributed by atoms with Crippen molar-refractivity contribution in [3.63, 3.8) is 0 Å². The molecular weight excluding hydrogens is 370 g/mol. The lowest BCUT2D eigenvalue weighted by molar-refractivity contribution is 0.0817. The lowest BCUT2D eigenvalue weighted by Gasteiger charge is -2.27. The van der Waals surface area contributed by atoms with Crippen molar-refractivity contribution in [3.05, 3.63) is 46.8 Å². The van der Waals surface area contributed by atoms with Crippen molar-refractivity contribution in [2.45, 2.75) is 32.4 Å². The molecule has 0 radical (unpaired) electrons. The van der Waals surface area contributed by atoms with E-state index >= 15 is 0 Å². The number of ether oxygens (including phenoxy) is 2. The molecule has 1 aliphatic heterocycles. The van der Waals surface area contributed by atoms with Gasteiger partial charge in [0.15, 0.2) is 29.1 Å². The lowest BCUT2D eigenvalue weighted by Crippen LogP contribution is -2.25. The molecule has 0 N–H and O–H groups in total. The smallest absolute Gasteiger partial charge is 0.190 e. The minimum Gasteiger partial charge on any atom is -0.485 e. The molecule has 3 heterocycles. The Balaban J connectivity index is 1.82. The largest absolute Gasteiger partial charge is 0.485 e. The minimum absolute atomic E-state index is 0.248. The van der Waals surface area contributed by atoms with Gasteiger partial charge in [0.25, 0.3) is 0 Å². The van der Waals surface area contributed by atoms with Crippen LogP contribution in [0.3, 0.4) is 0 Å². The number of fused-ring (bicyclic) bond motifs is 2. The van der Waals surface area contributed by atoms with Crippen molar-refractivity contribution in [2.75, 3.05) is 6.61 Å². The Bertz CT molecular complexity index is 893. The zero-order valence-corrected chi connectivity index (χ0v) is 15.2. The summed E-state index contributed by atoms with van der Waals surface area (Å²) >= 11 is 3.50. The van der Waals surface area contributed by atoms with Crippen LogP contribution >= 0.6 is 15.9 Å². The molecule has 5 nitrogen and oxygen atoms in total. The first-order valence-corrected chi connectivity index (χ1v) is 8.88. The summed E-state index contributed by atoms with van der Waals surface area (Å²) in [5.41, 5.74) is 1.74. The molecule has 0 amide bonds. The Morgan fingerprint density at radius 3 is 2.92 bits per heavy atom. The van der Waals surface area contributed by atoms with E-state index in [9.17, 15) is 0 Å². The molecule has 4 rings (SSSR count). The molecule has 0 saturated heterocycles. The van der Waals surface area contributed by atoms with Crippen LogP contribution in [0.5, 0.6) is 11.5 Å². The number of halogens is 1. The summed E-state index contributed by atoms with van der Waals surface area (Å²) in [5, 5.41) is 0. The molecule has 2 atom stereocenters. The van der Waals surface area contributed by atoms with Crippen molar-refractivity contribution in [1.29, 1.82) is 0 Å². The van der Waals surface area contributed by atoms with Gasteiger partial charge in [0.05, 0.1) is 5.52 Å². The maximum absolute atomic E-state index is 6.17. The standard InChI is InChI=1S/C18H18BrN3O2/c1-3-11(2)22-13-8-12(19)9-20-17(13)21-18(22)16-10-23-14-6-4-5-7-15(14)24-16/h4-9,11,16H,3,10H2,1-2H3. The Morgan fingerprint density at radius 2 is 2.12 bits per heavy atom. The number of rotatable bonds is 3. The number of hydrogen-bond acceptors (Lipinski definition) is 4. The summed E-state index contributed by atoms with van der Waals surface area (Å²) in [5.74, 6) is 2.39. The zero-order chi connectivity index (χ0) is 16.7. The van der Waals surface area contributed by atoms with Gasteiger partial charge in [-0.05, 0) is 47.5 Å². The average Bonchev–Trinajstić information content (AvgIpc) is 2.99. The monoisotopic (exact) mass is 387 g/mol. The van der Waals surface area contributed by atoms with E-state index < -0.39 is 0 Å². The zero-order valence-electron chi connectivity index (χ0n) is 13.6. The molecule has 1 aliphatic rings. The summed E-state index contributed by atoms with van der Waals surface area (Å²) in [7, 11) is 0. The van der Waals surface area contributed by atoms with Gasteiger partial charge < -0.3 is 14.0 Å². The number of hydrogen-bond donors (Lipinski definition) is 0. The van der Waals surface area contributed by atoms with E-state index in [0.29, 0.717) is 12.6 Å². The van der Waals surface area contributed by atoms with Crippen LogP contribution in [0.1, 0.15) is 38.2 Å². The van der Waals surface area contributed by atoms with Crippen LogP contribution < -0.4 is 9.47 Å². The van der Waals surface area contributed by atoms with E-state index in [1.807, 2.05) is 24.3 Å². The molecule has 124 valence electrons. The second kappa shape index (κ2) is 6.09. The molecule has 1 aromatic carbocycles. The van der Waals surface area contributed by atoms with Crippen molar-refractivity contribution >= 4 is 27.1 Å². The van der Waals surface area contributed by atoms with Gasteiger partial charge in [-0.15, -0.1) is 0 Å². The topological polar surface area (TPSA) is 49.2 Å². The van der Waals surface area contributed by atoms with Crippen LogP contribution in [0.15, 0.2) is 41.0 Å². The van der Waals surface area contributed by atoms with Crippen LogP contribution in [0.25, 0.3) is 11.2 Å². The van der Waals surface area contributed by atoms with Gasteiger partial charge in [-0.3, -0.25) is 0 Å². The molecule has 6 heteroatoms. The molecule has 0 spiro atoms. The molecule has 0 bridgehead atoms. The summed E-state index contributed by atoms with van der Waals surface area (Å²) in [6.07, 6.45) is 2.52. The van der Waals surface area contributed by atoms with Crippen molar-refractivity contribution < 1.29 is 9.47 Å². The SMILES string of the molecule is CCC(C)n1c(C2COc3ccccc3O2)nc2ncc(Br)cc21. The van der Waals surface area contributed by atoms with E-state index in [1.165, 1.54) is 0 Å². The predicted octanol–water partition coefficient (Wildman–Crippen LogP) is 4.68. The number of aromatic nitrogens is 3. The van der Waals surface area contributed by atoms with Crippen LogP contribution in [0.4, 0.5) is 0 Å². The van der Waals surface area contributed by atoms with Crippen molar-refractivity contribution in [1.82, 2.24) is 14.5 Å². The number of imidazole rings is 1. The molecule has 0 fully saturated rings. The lowest BCUT2D eigenvalue weighted by atomic mass is 10.2. The van der Waals surface area contributed by atoms with Gasteiger partial charge in [0.2, 0.25) is 0 Å². The van der Waals surface area contributed by atoms with Gasteiger partial charge in [-0.2, -0.15) is 0 Å². The van der Waals surface area contributed by atoms with Gasteiger partial charge in [0.1, 0.15) is 6.61 Å². The van der Waals surface area contributed by atoms with Gasteiger partial charge >= 0.3 is 0 Å². The Hall–Kier alpha value is -2.08. The Morgan fingerprint density at radius 1 is 1.33 bits per heavy atom. The fourth-order valence-electron chi connectivity index (χ4n) is 2.99. The third-order valence-corrected chi connectivity index (χ3v) is 4.80.